The first kappa shape index (κ1) is 13.3. The van der Waals surface area contributed by atoms with Gasteiger partial charge in [0.25, 0.3) is 5.91 Å². The molecule has 2 rings (SSSR count). The molecule has 0 aliphatic carbocycles. The predicted molar refractivity (Wildman–Crippen MR) is 73.3 cm³/mol. The number of hydrogen-bond donors (Lipinski definition) is 3. The van der Waals surface area contributed by atoms with Gasteiger partial charge in [0, 0.05) is 0 Å². The maximum absolute atomic E-state index is 11.7. The molecule has 0 saturated carbocycles. The number of amides is 2. The van der Waals surface area contributed by atoms with E-state index in [-0.39, 0.29) is 18.4 Å². The monoisotopic (exact) mass is 278 g/mol. The number of H-pyrrole nitrogens is 1. The highest BCUT2D eigenvalue weighted by molar-refractivity contribution is 7.12. The number of aryl methyl sites for hydroxylation is 2. The Morgan fingerprint density at radius 2 is 2.21 bits per heavy atom. The second-order valence-corrected chi connectivity index (χ2v) is 4.96. The molecule has 2 amide bonds. The molecule has 2 aromatic heterocycles. The van der Waals surface area contributed by atoms with Crippen molar-refractivity contribution in [3.8, 4) is 0 Å². The average molecular weight is 278 g/mol. The van der Waals surface area contributed by atoms with Crippen molar-refractivity contribution in [1.29, 1.82) is 0 Å². The molecule has 0 unspecified atom stereocenters. The van der Waals surface area contributed by atoms with Crippen molar-refractivity contribution in [3.63, 3.8) is 0 Å². The van der Waals surface area contributed by atoms with Crippen molar-refractivity contribution in [2.24, 2.45) is 0 Å². The summed E-state index contributed by atoms with van der Waals surface area (Å²) >= 11 is 1.33. The molecular weight excluding hydrogens is 264 g/mol. The van der Waals surface area contributed by atoms with Crippen LogP contribution in [0.5, 0.6) is 0 Å². The lowest BCUT2D eigenvalue weighted by atomic mass is 10.3. The topological polar surface area (TPSA) is 86.9 Å². The van der Waals surface area contributed by atoms with E-state index in [9.17, 15) is 9.59 Å². The van der Waals surface area contributed by atoms with Crippen LogP contribution in [-0.4, -0.2) is 28.6 Å². The minimum absolute atomic E-state index is 0.0687. The zero-order valence-electron chi connectivity index (χ0n) is 10.6. The Labute approximate surface area is 114 Å². The quantitative estimate of drug-likeness (QED) is 0.791. The first-order valence-corrected chi connectivity index (χ1v) is 6.59. The van der Waals surface area contributed by atoms with Gasteiger partial charge in [0.2, 0.25) is 5.91 Å². The molecule has 0 aliphatic rings. The maximum Gasteiger partial charge on any atom is 0.261 e. The molecule has 2 aromatic rings. The Balaban J connectivity index is 1.87. The number of thiophene rings is 1. The second kappa shape index (κ2) is 5.66. The van der Waals surface area contributed by atoms with Crippen LogP contribution in [0.2, 0.25) is 0 Å². The fourth-order valence-electron chi connectivity index (χ4n) is 1.57. The van der Waals surface area contributed by atoms with Gasteiger partial charge in [0.15, 0.2) is 0 Å². The Kier molecular flexibility index (Phi) is 3.96. The van der Waals surface area contributed by atoms with E-state index in [1.807, 2.05) is 12.3 Å². The van der Waals surface area contributed by atoms with Gasteiger partial charge in [-0.3, -0.25) is 14.7 Å². The summed E-state index contributed by atoms with van der Waals surface area (Å²) in [4.78, 5) is 24.0. The van der Waals surface area contributed by atoms with E-state index < -0.39 is 0 Å². The van der Waals surface area contributed by atoms with E-state index in [1.54, 1.807) is 19.1 Å². The van der Waals surface area contributed by atoms with Crippen LogP contribution < -0.4 is 10.6 Å². The average Bonchev–Trinajstić information content (AvgIpc) is 3.01. The van der Waals surface area contributed by atoms with E-state index in [0.29, 0.717) is 10.6 Å². The molecule has 3 N–H and O–H groups in total. The molecule has 0 bridgehead atoms. The Hall–Kier alpha value is -2.15. The summed E-state index contributed by atoms with van der Waals surface area (Å²) in [6, 6.07) is 3.50. The lowest BCUT2D eigenvalue weighted by Crippen LogP contribution is -2.32. The third-order valence-corrected chi connectivity index (χ3v) is 3.42. The number of anilines is 1. The van der Waals surface area contributed by atoms with Gasteiger partial charge in [-0.2, -0.15) is 5.10 Å². The standard InChI is InChI=1S/C12H14N4O2S/c1-7-11(8(2)16-15-7)14-10(17)6-13-12(18)9-4-3-5-19-9/h3-5H,6H2,1-2H3,(H,13,18)(H,14,17)(H,15,16). The SMILES string of the molecule is Cc1n[nH]c(C)c1NC(=O)CNC(=O)c1cccs1. The van der Waals surface area contributed by atoms with Crippen molar-refractivity contribution in [2.75, 3.05) is 11.9 Å². The van der Waals surface area contributed by atoms with Gasteiger partial charge in [-0.15, -0.1) is 11.3 Å². The number of carbonyl (C=O) groups is 2. The van der Waals surface area contributed by atoms with Gasteiger partial charge >= 0.3 is 0 Å². The molecule has 0 aromatic carbocycles. The van der Waals surface area contributed by atoms with Crippen LogP contribution in [0.3, 0.4) is 0 Å². The Bertz CT molecular complexity index is 569. The number of aromatic amines is 1. The van der Waals surface area contributed by atoms with Gasteiger partial charge in [-0.1, -0.05) is 6.07 Å². The van der Waals surface area contributed by atoms with Crippen molar-refractivity contribution in [2.45, 2.75) is 13.8 Å². The second-order valence-electron chi connectivity index (χ2n) is 4.02. The van der Waals surface area contributed by atoms with Gasteiger partial charge in [-0.05, 0) is 25.3 Å². The van der Waals surface area contributed by atoms with Crippen molar-refractivity contribution >= 4 is 28.8 Å². The third-order valence-electron chi connectivity index (χ3n) is 2.55. The molecule has 0 saturated heterocycles. The smallest absolute Gasteiger partial charge is 0.261 e. The van der Waals surface area contributed by atoms with Crippen LogP contribution >= 0.6 is 11.3 Å². The fourth-order valence-corrected chi connectivity index (χ4v) is 2.21. The Morgan fingerprint density at radius 1 is 1.42 bits per heavy atom. The third kappa shape index (κ3) is 3.19. The lowest BCUT2D eigenvalue weighted by Gasteiger charge is -2.06. The van der Waals surface area contributed by atoms with Crippen LogP contribution in [-0.2, 0) is 4.79 Å². The Morgan fingerprint density at radius 3 is 2.79 bits per heavy atom. The van der Waals surface area contributed by atoms with Gasteiger partial charge < -0.3 is 10.6 Å². The van der Waals surface area contributed by atoms with Gasteiger partial charge in [0.05, 0.1) is 28.5 Å². The molecule has 0 atom stereocenters. The molecule has 0 radical (unpaired) electrons. The minimum Gasteiger partial charge on any atom is -0.342 e. The highest BCUT2D eigenvalue weighted by Gasteiger charge is 2.12. The van der Waals surface area contributed by atoms with Crippen LogP contribution in [0.15, 0.2) is 17.5 Å². The number of nitrogens with one attached hydrogen (secondary N) is 3. The molecular formula is C12H14N4O2S. The number of nitrogens with zero attached hydrogens (tertiary/aromatic N) is 1. The van der Waals surface area contributed by atoms with E-state index >= 15 is 0 Å². The number of hydrogen-bond acceptors (Lipinski definition) is 4. The molecule has 0 aliphatic heterocycles. The summed E-state index contributed by atoms with van der Waals surface area (Å²) in [5, 5.41) is 13.9. The van der Waals surface area contributed by atoms with E-state index in [4.69, 9.17) is 0 Å². The van der Waals surface area contributed by atoms with Crippen LogP contribution in [0.4, 0.5) is 5.69 Å². The van der Waals surface area contributed by atoms with E-state index in [0.717, 1.165) is 11.4 Å². The van der Waals surface area contributed by atoms with Crippen molar-refractivity contribution < 1.29 is 9.59 Å². The largest absolute Gasteiger partial charge is 0.342 e. The molecule has 0 spiro atoms. The maximum atomic E-state index is 11.7. The first-order valence-electron chi connectivity index (χ1n) is 5.71. The van der Waals surface area contributed by atoms with Crippen LogP contribution in [0.1, 0.15) is 21.1 Å². The van der Waals surface area contributed by atoms with Crippen LogP contribution in [0.25, 0.3) is 0 Å². The summed E-state index contributed by atoms with van der Waals surface area (Å²) in [7, 11) is 0. The molecule has 6 nitrogen and oxygen atoms in total. The fraction of sp³-hybridized carbons (Fsp3) is 0.250. The predicted octanol–water partition coefficient (Wildman–Crippen LogP) is 1.46. The van der Waals surface area contributed by atoms with Gasteiger partial charge in [0.1, 0.15) is 0 Å². The van der Waals surface area contributed by atoms with Crippen molar-refractivity contribution in [1.82, 2.24) is 15.5 Å². The van der Waals surface area contributed by atoms with Gasteiger partial charge in [-0.25, -0.2) is 0 Å². The summed E-state index contributed by atoms with van der Waals surface area (Å²) in [5.74, 6) is -0.525. The molecule has 19 heavy (non-hydrogen) atoms. The number of aromatic nitrogens is 2. The molecule has 7 heteroatoms. The molecule has 2 heterocycles. The number of carbonyl (C=O) groups excluding carboxylic acids is 2. The van der Waals surface area contributed by atoms with E-state index in [1.165, 1.54) is 11.3 Å². The lowest BCUT2D eigenvalue weighted by molar-refractivity contribution is -0.115. The van der Waals surface area contributed by atoms with E-state index in [2.05, 4.69) is 20.8 Å². The summed E-state index contributed by atoms with van der Waals surface area (Å²) in [6.45, 7) is 3.55. The zero-order valence-corrected chi connectivity index (χ0v) is 11.4. The molecule has 0 fully saturated rings. The van der Waals surface area contributed by atoms with Crippen LogP contribution in [0, 0.1) is 13.8 Å². The summed E-state index contributed by atoms with van der Waals surface area (Å²) in [6.07, 6.45) is 0. The van der Waals surface area contributed by atoms with Crippen molar-refractivity contribution in [3.05, 3.63) is 33.8 Å². The highest BCUT2D eigenvalue weighted by atomic mass is 32.1. The first-order chi connectivity index (χ1) is 9.08. The normalized spacial score (nSPS) is 10.2. The summed E-state index contributed by atoms with van der Waals surface area (Å²) < 4.78 is 0. The molecule has 100 valence electrons. The summed E-state index contributed by atoms with van der Waals surface area (Å²) in [5.41, 5.74) is 2.17. The highest BCUT2D eigenvalue weighted by Crippen LogP contribution is 2.15. The minimum atomic E-state index is -0.280. The zero-order chi connectivity index (χ0) is 13.8. The number of rotatable bonds is 4.